The topological polar surface area (TPSA) is 15.3 Å². The van der Waals surface area contributed by atoms with Crippen LogP contribution in [0.2, 0.25) is 0 Å². The normalized spacial score (nSPS) is 19.9. The van der Waals surface area contributed by atoms with Gasteiger partial charge in [0.15, 0.2) is 0 Å². The Kier molecular flexibility index (Phi) is 6.06. The van der Waals surface area contributed by atoms with Gasteiger partial charge in [0.2, 0.25) is 0 Å². The van der Waals surface area contributed by atoms with Crippen LogP contribution in [0.25, 0.3) is 0 Å². The summed E-state index contributed by atoms with van der Waals surface area (Å²) in [5.74, 6) is 0.931. The Hall–Kier alpha value is -0.860. The minimum absolute atomic E-state index is 0.545. The van der Waals surface area contributed by atoms with Gasteiger partial charge in [0.05, 0.1) is 0 Å². The van der Waals surface area contributed by atoms with Crippen LogP contribution in [0.5, 0.6) is 0 Å². The van der Waals surface area contributed by atoms with Crippen LogP contribution in [0, 0.1) is 5.92 Å². The Labute approximate surface area is 124 Å². The van der Waals surface area contributed by atoms with Crippen molar-refractivity contribution in [2.75, 3.05) is 13.1 Å². The number of nitrogens with zero attached hydrogens (tertiary/aromatic N) is 1. The highest BCUT2D eigenvalue weighted by Gasteiger charge is 2.22. The summed E-state index contributed by atoms with van der Waals surface area (Å²) in [6, 6.07) is 9.44. The van der Waals surface area contributed by atoms with Crippen LogP contribution in [0.1, 0.15) is 51.2 Å². The van der Waals surface area contributed by atoms with Crippen molar-refractivity contribution in [3.63, 3.8) is 0 Å². The van der Waals surface area contributed by atoms with Gasteiger partial charge in [-0.2, -0.15) is 0 Å². The van der Waals surface area contributed by atoms with Crippen molar-refractivity contribution in [2.24, 2.45) is 5.92 Å². The molecule has 2 rings (SSSR count). The van der Waals surface area contributed by atoms with Gasteiger partial charge < -0.3 is 5.32 Å². The van der Waals surface area contributed by atoms with Crippen molar-refractivity contribution in [3.05, 3.63) is 35.4 Å². The van der Waals surface area contributed by atoms with E-state index in [1.807, 2.05) is 0 Å². The highest BCUT2D eigenvalue weighted by atomic mass is 15.1. The third-order valence-electron chi connectivity index (χ3n) is 4.28. The first-order valence-electron chi connectivity index (χ1n) is 8.21. The molecular weight excluding hydrogens is 244 g/mol. The molecule has 0 spiro atoms. The second-order valence-corrected chi connectivity index (χ2v) is 6.48. The molecule has 0 aliphatic carbocycles. The number of benzene rings is 1. The maximum absolute atomic E-state index is 3.54. The predicted octanol–water partition coefficient (Wildman–Crippen LogP) is 3.81. The summed E-state index contributed by atoms with van der Waals surface area (Å²) in [7, 11) is 0. The minimum atomic E-state index is 0.545. The average Bonchev–Trinajstić information content (AvgIpc) is 2.85. The van der Waals surface area contributed by atoms with Gasteiger partial charge in [-0.05, 0) is 36.4 Å². The molecule has 1 saturated heterocycles. The van der Waals surface area contributed by atoms with Gasteiger partial charge in [0, 0.05) is 25.7 Å². The van der Waals surface area contributed by atoms with E-state index in [1.54, 1.807) is 0 Å². The Morgan fingerprint density at radius 3 is 2.70 bits per heavy atom. The summed E-state index contributed by atoms with van der Waals surface area (Å²) in [6.07, 6.45) is 4.11. The van der Waals surface area contributed by atoms with Crippen LogP contribution in [0.3, 0.4) is 0 Å². The van der Waals surface area contributed by atoms with Gasteiger partial charge in [-0.1, -0.05) is 51.5 Å². The number of likely N-dealkylation sites (tertiary alicyclic amines) is 1. The number of hydrogen-bond donors (Lipinski definition) is 1. The van der Waals surface area contributed by atoms with Crippen molar-refractivity contribution in [1.29, 1.82) is 0 Å². The molecular formula is C18H30N2. The molecule has 112 valence electrons. The quantitative estimate of drug-likeness (QED) is 0.813. The zero-order valence-corrected chi connectivity index (χ0v) is 13.4. The van der Waals surface area contributed by atoms with Crippen molar-refractivity contribution < 1.29 is 0 Å². The van der Waals surface area contributed by atoms with Crippen LogP contribution in [0.4, 0.5) is 0 Å². The van der Waals surface area contributed by atoms with E-state index in [0.29, 0.717) is 6.04 Å². The molecule has 1 atom stereocenters. The molecule has 0 amide bonds. The molecule has 1 N–H and O–H groups in total. The molecule has 0 saturated carbocycles. The summed E-state index contributed by atoms with van der Waals surface area (Å²) in [5.41, 5.74) is 2.96. The lowest BCUT2D eigenvalue weighted by Crippen LogP contribution is -2.25. The van der Waals surface area contributed by atoms with E-state index in [2.05, 4.69) is 55.3 Å². The van der Waals surface area contributed by atoms with Crippen molar-refractivity contribution in [1.82, 2.24) is 10.2 Å². The highest BCUT2D eigenvalue weighted by molar-refractivity contribution is 5.27. The van der Waals surface area contributed by atoms with Crippen LogP contribution in [0.15, 0.2) is 24.3 Å². The molecule has 0 bridgehead atoms. The van der Waals surface area contributed by atoms with Gasteiger partial charge in [0.25, 0.3) is 0 Å². The van der Waals surface area contributed by atoms with E-state index in [9.17, 15) is 0 Å². The first-order chi connectivity index (χ1) is 9.69. The van der Waals surface area contributed by atoms with Crippen LogP contribution < -0.4 is 5.32 Å². The van der Waals surface area contributed by atoms with Gasteiger partial charge in [-0.25, -0.2) is 0 Å². The van der Waals surface area contributed by atoms with E-state index in [-0.39, 0.29) is 0 Å². The van der Waals surface area contributed by atoms with Gasteiger partial charge in [-0.3, -0.25) is 4.90 Å². The number of nitrogens with one attached hydrogen (secondary N) is 1. The molecule has 1 aromatic carbocycles. The summed E-state index contributed by atoms with van der Waals surface area (Å²) in [4.78, 5) is 2.63. The molecule has 2 heteroatoms. The third kappa shape index (κ3) is 4.60. The lowest BCUT2D eigenvalue weighted by atomic mass is 10.0. The molecule has 1 unspecified atom stereocenters. The lowest BCUT2D eigenvalue weighted by Gasteiger charge is -2.19. The van der Waals surface area contributed by atoms with Crippen LogP contribution in [-0.4, -0.2) is 24.0 Å². The molecule has 1 aliphatic heterocycles. The van der Waals surface area contributed by atoms with E-state index in [4.69, 9.17) is 0 Å². The maximum atomic E-state index is 3.54. The standard InChI is InChI=1S/C18H30N2/c1-4-7-16-10-11-20(13-16)14-18-9-6-5-8-17(18)12-19-15(2)3/h5-6,8-9,15-16,19H,4,7,10-14H2,1-3H3. The van der Waals surface area contributed by atoms with Gasteiger partial charge in [-0.15, -0.1) is 0 Å². The fraction of sp³-hybridized carbons (Fsp3) is 0.667. The van der Waals surface area contributed by atoms with Crippen LogP contribution >= 0.6 is 0 Å². The number of hydrogen-bond acceptors (Lipinski definition) is 2. The molecule has 1 aliphatic rings. The predicted molar refractivity (Wildman–Crippen MR) is 86.7 cm³/mol. The molecule has 20 heavy (non-hydrogen) atoms. The van der Waals surface area contributed by atoms with Gasteiger partial charge >= 0.3 is 0 Å². The number of rotatable bonds is 7. The molecule has 0 aromatic heterocycles. The third-order valence-corrected chi connectivity index (χ3v) is 4.28. The monoisotopic (exact) mass is 274 g/mol. The maximum Gasteiger partial charge on any atom is 0.0237 e. The molecule has 1 aromatic rings. The average molecular weight is 274 g/mol. The molecule has 2 nitrogen and oxygen atoms in total. The largest absolute Gasteiger partial charge is 0.310 e. The Balaban J connectivity index is 1.92. The summed E-state index contributed by atoms with van der Waals surface area (Å²) < 4.78 is 0. The minimum Gasteiger partial charge on any atom is -0.310 e. The molecule has 1 heterocycles. The zero-order valence-electron chi connectivity index (χ0n) is 13.4. The first-order valence-corrected chi connectivity index (χ1v) is 8.21. The van der Waals surface area contributed by atoms with E-state index in [0.717, 1.165) is 19.0 Å². The smallest absolute Gasteiger partial charge is 0.0237 e. The van der Waals surface area contributed by atoms with Gasteiger partial charge in [0.1, 0.15) is 0 Å². The van der Waals surface area contributed by atoms with Crippen molar-refractivity contribution in [2.45, 2.75) is 59.2 Å². The Morgan fingerprint density at radius 1 is 1.25 bits per heavy atom. The van der Waals surface area contributed by atoms with E-state index in [1.165, 1.54) is 43.5 Å². The fourth-order valence-electron chi connectivity index (χ4n) is 3.14. The second kappa shape index (κ2) is 7.80. The zero-order chi connectivity index (χ0) is 14.4. The van der Waals surface area contributed by atoms with Crippen molar-refractivity contribution >= 4 is 0 Å². The Morgan fingerprint density at radius 2 is 2.00 bits per heavy atom. The summed E-state index contributed by atoms with van der Waals surface area (Å²) in [6.45, 7) is 11.4. The first kappa shape index (κ1) is 15.5. The van der Waals surface area contributed by atoms with Crippen molar-refractivity contribution in [3.8, 4) is 0 Å². The van der Waals surface area contributed by atoms with Crippen LogP contribution in [-0.2, 0) is 13.1 Å². The fourth-order valence-corrected chi connectivity index (χ4v) is 3.14. The molecule has 1 fully saturated rings. The Bertz CT molecular complexity index is 400. The summed E-state index contributed by atoms with van der Waals surface area (Å²) in [5, 5.41) is 3.54. The highest BCUT2D eigenvalue weighted by Crippen LogP contribution is 2.23. The summed E-state index contributed by atoms with van der Waals surface area (Å²) >= 11 is 0. The molecule has 0 radical (unpaired) electrons. The lowest BCUT2D eigenvalue weighted by molar-refractivity contribution is 0.311. The SMILES string of the molecule is CCCC1CCN(Cc2ccccc2CNC(C)C)C1. The van der Waals surface area contributed by atoms with E-state index >= 15 is 0 Å². The van der Waals surface area contributed by atoms with E-state index < -0.39 is 0 Å². The second-order valence-electron chi connectivity index (χ2n) is 6.48.